The van der Waals surface area contributed by atoms with Gasteiger partial charge in [0, 0.05) is 0 Å². The first-order valence-corrected chi connectivity index (χ1v) is 7.82. The fourth-order valence-corrected chi connectivity index (χ4v) is 4.10. The first kappa shape index (κ1) is 12.8. The molecule has 1 N–H and O–H groups in total. The van der Waals surface area contributed by atoms with Crippen molar-refractivity contribution in [1.29, 1.82) is 0 Å². The Labute approximate surface area is 117 Å². The maximum absolute atomic E-state index is 12.3. The van der Waals surface area contributed by atoms with Crippen LogP contribution in [-0.2, 0) is 9.59 Å². The zero-order valence-corrected chi connectivity index (χ0v) is 12.6. The molecule has 3 rings (SSSR count). The second kappa shape index (κ2) is 4.39. The van der Waals surface area contributed by atoms with Crippen molar-refractivity contribution >= 4 is 32.3 Å². The molecule has 5 nitrogen and oxygen atoms in total. The van der Waals surface area contributed by atoms with E-state index < -0.39 is 5.92 Å². The monoisotopic (exact) mass is 325 g/mol. The summed E-state index contributed by atoms with van der Waals surface area (Å²) < 4.78 is 8.65. The molecule has 1 aromatic rings. The van der Waals surface area contributed by atoms with E-state index in [0.29, 0.717) is 12.8 Å². The van der Waals surface area contributed by atoms with Gasteiger partial charge in [-0.2, -0.15) is 0 Å². The van der Waals surface area contributed by atoms with Crippen molar-refractivity contribution in [1.82, 2.24) is 7.96 Å². The zero-order chi connectivity index (χ0) is 13.6. The number of ketones is 2. The number of hydrogen-bond acceptors (Lipinski definition) is 5. The van der Waals surface area contributed by atoms with Gasteiger partial charge in [-0.25, -0.2) is 0 Å². The zero-order valence-electron chi connectivity index (χ0n) is 10.8. The molecule has 0 radical (unpaired) electrons. The third kappa shape index (κ3) is 2.19. The second-order valence-electron chi connectivity index (χ2n) is 5.96. The Morgan fingerprint density at radius 2 is 1.95 bits per heavy atom. The molecule has 1 aliphatic carbocycles. The molecule has 1 fully saturated rings. The normalized spacial score (nSPS) is 26.1. The van der Waals surface area contributed by atoms with Gasteiger partial charge < -0.3 is 0 Å². The molecule has 1 atom stereocenters. The van der Waals surface area contributed by atoms with E-state index in [0.717, 1.165) is 11.5 Å². The molecule has 0 saturated heterocycles. The Bertz CT molecular complexity index is 556. The number of fused-ring (bicyclic) bond motifs is 1. The molecule has 0 aromatic carbocycles. The average molecular weight is 324 g/mol. The van der Waals surface area contributed by atoms with Crippen LogP contribution in [0.3, 0.4) is 0 Å². The minimum absolute atomic E-state index is 0.0410. The van der Waals surface area contributed by atoms with E-state index >= 15 is 0 Å². The summed E-state index contributed by atoms with van der Waals surface area (Å²) in [5, 5.41) is 3.03. The number of nitrogens with zero attached hydrogens (tertiary/aromatic N) is 2. The van der Waals surface area contributed by atoms with Crippen LogP contribution in [0.5, 0.6) is 0 Å². The van der Waals surface area contributed by atoms with Gasteiger partial charge >= 0.3 is 117 Å². The van der Waals surface area contributed by atoms with E-state index in [-0.39, 0.29) is 37.9 Å². The number of aromatic nitrogens is 2. The van der Waals surface area contributed by atoms with E-state index in [2.05, 4.69) is 13.3 Å². The van der Waals surface area contributed by atoms with E-state index in [9.17, 15) is 9.59 Å². The molecular formula is C13H15N3O2Se. The van der Waals surface area contributed by atoms with Crippen LogP contribution in [0, 0.1) is 11.3 Å². The number of hydrogen-bond donors (Lipinski definition) is 1. The van der Waals surface area contributed by atoms with Crippen LogP contribution in [0.15, 0.2) is 12.3 Å². The van der Waals surface area contributed by atoms with Gasteiger partial charge in [0.1, 0.15) is 0 Å². The van der Waals surface area contributed by atoms with Gasteiger partial charge in [0.2, 0.25) is 0 Å². The second-order valence-corrected chi connectivity index (χ2v) is 7.06. The third-order valence-electron chi connectivity index (χ3n) is 3.71. The molecule has 1 saturated carbocycles. The summed E-state index contributed by atoms with van der Waals surface area (Å²) in [6, 6.07) is 0. The van der Waals surface area contributed by atoms with Gasteiger partial charge in [-0.15, -0.1) is 0 Å². The SMILES string of the molecule is CC1(C)CC(=O)C(C2C=CNc3n[se]nc32)C(=O)C1. The molecule has 2 heterocycles. The summed E-state index contributed by atoms with van der Waals surface area (Å²) in [5.74, 6) is 0.0288. The van der Waals surface area contributed by atoms with Crippen LogP contribution >= 0.6 is 0 Å². The predicted octanol–water partition coefficient (Wildman–Crippen LogP) is 1.13. The maximum atomic E-state index is 12.3. The van der Waals surface area contributed by atoms with Crippen molar-refractivity contribution < 1.29 is 9.59 Å². The number of anilines is 1. The van der Waals surface area contributed by atoms with Crippen LogP contribution in [0.4, 0.5) is 5.82 Å². The summed E-state index contributed by atoms with van der Waals surface area (Å²) in [4.78, 5) is 24.7. The summed E-state index contributed by atoms with van der Waals surface area (Å²) in [6.45, 7) is 3.95. The summed E-state index contributed by atoms with van der Waals surface area (Å²) >= 11 is -0.151. The summed E-state index contributed by atoms with van der Waals surface area (Å²) in [6.07, 6.45) is 4.57. The third-order valence-corrected chi connectivity index (χ3v) is 4.85. The predicted molar refractivity (Wildman–Crippen MR) is 71.0 cm³/mol. The van der Waals surface area contributed by atoms with Gasteiger partial charge in [-0.3, -0.25) is 0 Å². The van der Waals surface area contributed by atoms with Crippen LogP contribution in [0.2, 0.25) is 0 Å². The van der Waals surface area contributed by atoms with Crippen LogP contribution in [-0.4, -0.2) is 34.5 Å². The first-order valence-electron chi connectivity index (χ1n) is 6.29. The standard InChI is InChI=1S/C13H15N3O2Se/c1-13(2)5-8(17)10(9(18)6-13)7-3-4-14-12-11(7)15-19-16-12/h3-4,7,10H,5-6H2,1-2H3,(H,14,16). The quantitative estimate of drug-likeness (QED) is 0.619. The number of rotatable bonds is 1. The summed E-state index contributed by atoms with van der Waals surface area (Å²) in [5.41, 5.74) is 0.577. The van der Waals surface area contributed by atoms with E-state index in [1.165, 1.54) is 0 Å². The molecule has 6 heteroatoms. The molecule has 2 aliphatic rings. The molecule has 1 unspecified atom stereocenters. The van der Waals surface area contributed by atoms with Crippen LogP contribution in [0.25, 0.3) is 0 Å². The van der Waals surface area contributed by atoms with Crippen molar-refractivity contribution in [2.75, 3.05) is 5.32 Å². The van der Waals surface area contributed by atoms with Crippen LogP contribution < -0.4 is 5.32 Å². The number of allylic oxidation sites excluding steroid dienone is 1. The molecule has 0 bridgehead atoms. The molecular weight excluding hydrogens is 309 g/mol. The van der Waals surface area contributed by atoms with Crippen molar-refractivity contribution in [3.05, 3.63) is 18.0 Å². The number of Topliss-reactive ketones (excluding diaryl/α,β-unsaturated/α-hetero) is 2. The topological polar surface area (TPSA) is 72.0 Å². The number of carbonyl (C=O) groups excluding carboxylic acids is 2. The van der Waals surface area contributed by atoms with E-state index in [4.69, 9.17) is 0 Å². The number of carbonyl (C=O) groups is 2. The molecule has 19 heavy (non-hydrogen) atoms. The Morgan fingerprint density at radius 1 is 1.26 bits per heavy atom. The average Bonchev–Trinajstić information content (AvgIpc) is 2.74. The minimum atomic E-state index is -0.566. The van der Waals surface area contributed by atoms with E-state index in [1.807, 2.05) is 19.9 Å². The molecule has 0 spiro atoms. The Balaban J connectivity index is 1.95. The van der Waals surface area contributed by atoms with Crippen molar-refractivity contribution in [3.63, 3.8) is 0 Å². The van der Waals surface area contributed by atoms with Crippen molar-refractivity contribution in [2.24, 2.45) is 11.3 Å². The Hall–Kier alpha value is -1.26. The van der Waals surface area contributed by atoms with Crippen LogP contribution in [0.1, 0.15) is 38.3 Å². The molecule has 100 valence electrons. The molecule has 1 aromatic heterocycles. The molecule has 1 aliphatic heterocycles. The van der Waals surface area contributed by atoms with Crippen molar-refractivity contribution in [2.45, 2.75) is 32.6 Å². The first-order chi connectivity index (χ1) is 8.98. The number of nitrogens with one attached hydrogen (secondary N) is 1. The van der Waals surface area contributed by atoms with Gasteiger partial charge in [0.15, 0.2) is 0 Å². The fourth-order valence-electron chi connectivity index (χ4n) is 2.91. The van der Waals surface area contributed by atoms with E-state index in [1.54, 1.807) is 6.20 Å². The van der Waals surface area contributed by atoms with Crippen molar-refractivity contribution in [3.8, 4) is 0 Å². The van der Waals surface area contributed by atoms with Gasteiger partial charge in [0.25, 0.3) is 0 Å². The fraction of sp³-hybridized carbons (Fsp3) is 0.538. The summed E-state index contributed by atoms with van der Waals surface area (Å²) in [7, 11) is 0. The molecule has 0 amide bonds. The van der Waals surface area contributed by atoms with Gasteiger partial charge in [-0.05, 0) is 0 Å². The van der Waals surface area contributed by atoms with Gasteiger partial charge in [0.05, 0.1) is 0 Å². The van der Waals surface area contributed by atoms with Gasteiger partial charge in [-0.1, -0.05) is 0 Å². The Morgan fingerprint density at radius 3 is 2.63 bits per heavy atom. The Kier molecular flexibility index (Phi) is 2.95.